The molecular weight excluding hydrogens is 156 g/mol. The fourth-order valence-electron chi connectivity index (χ4n) is 1.39. The van der Waals surface area contributed by atoms with Gasteiger partial charge in [0.15, 0.2) is 0 Å². The van der Waals surface area contributed by atoms with E-state index in [0.29, 0.717) is 5.41 Å². The van der Waals surface area contributed by atoms with Gasteiger partial charge in [0.25, 0.3) is 0 Å². The van der Waals surface area contributed by atoms with Gasteiger partial charge in [-0.1, -0.05) is 50.3 Å². The second-order valence-electron chi connectivity index (χ2n) is 4.28. The first-order valence-corrected chi connectivity index (χ1v) is 4.80. The Kier molecular flexibility index (Phi) is 3.30. The monoisotopic (exact) mass is 174 g/mol. The summed E-state index contributed by atoms with van der Waals surface area (Å²) in [6.07, 6.45) is 14.9. The van der Waals surface area contributed by atoms with Gasteiger partial charge < -0.3 is 0 Å². The first kappa shape index (κ1) is 10.0. The first-order chi connectivity index (χ1) is 6.14. The molecule has 1 aliphatic carbocycles. The second kappa shape index (κ2) is 4.27. The molecule has 0 aliphatic heterocycles. The molecule has 0 heterocycles. The van der Waals surface area contributed by atoms with Crippen LogP contribution in [0.15, 0.2) is 48.6 Å². The first-order valence-electron chi connectivity index (χ1n) is 4.80. The number of hydrogen-bond acceptors (Lipinski definition) is 0. The summed E-state index contributed by atoms with van der Waals surface area (Å²) >= 11 is 0. The molecule has 0 aromatic heterocycles. The molecule has 0 unspecified atom stereocenters. The van der Waals surface area contributed by atoms with Crippen LogP contribution >= 0.6 is 0 Å². The molecule has 70 valence electrons. The normalized spacial score (nSPS) is 15.1. The highest BCUT2D eigenvalue weighted by atomic mass is 14.2. The summed E-state index contributed by atoms with van der Waals surface area (Å²) in [7, 11) is 0. The van der Waals surface area contributed by atoms with E-state index in [4.69, 9.17) is 0 Å². The van der Waals surface area contributed by atoms with Crippen molar-refractivity contribution in [3.05, 3.63) is 48.6 Å². The third kappa shape index (κ3) is 3.45. The van der Waals surface area contributed by atoms with E-state index in [-0.39, 0.29) is 0 Å². The zero-order chi connectivity index (χ0) is 9.73. The van der Waals surface area contributed by atoms with E-state index in [1.54, 1.807) is 0 Å². The molecule has 1 aliphatic rings. The average Bonchev–Trinajstić information content (AvgIpc) is 2.52. The van der Waals surface area contributed by atoms with Gasteiger partial charge in [-0.3, -0.25) is 0 Å². The van der Waals surface area contributed by atoms with Crippen molar-refractivity contribution in [3.63, 3.8) is 0 Å². The van der Waals surface area contributed by atoms with Crippen LogP contribution in [0.4, 0.5) is 0 Å². The zero-order valence-electron chi connectivity index (χ0n) is 8.59. The zero-order valence-corrected chi connectivity index (χ0v) is 8.59. The molecule has 0 amide bonds. The minimum Gasteiger partial charge on any atom is -0.103 e. The predicted molar refractivity (Wildman–Crippen MR) is 59.6 cm³/mol. The summed E-state index contributed by atoms with van der Waals surface area (Å²) in [4.78, 5) is 0. The van der Waals surface area contributed by atoms with Crippen LogP contribution < -0.4 is 0 Å². The van der Waals surface area contributed by atoms with Crippen molar-refractivity contribution in [2.45, 2.75) is 26.7 Å². The smallest absolute Gasteiger partial charge is 0.0285 e. The lowest BCUT2D eigenvalue weighted by Crippen LogP contribution is -2.08. The van der Waals surface area contributed by atoms with E-state index in [2.05, 4.69) is 50.8 Å². The molecule has 1 rings (SSSR count). The van der Waals surface area contributed by atoms with Crippen LogP contribution in [0, 0.1) is 5.41 Å². The lowest BCUT2D eigenvalue weighted by atomic mass is 9.85. The van der Waals surface area contributed by atoms with Crippen molar-refractivity contribution in [1.82, 2.24) is 0 Å². The summed E-state index contributed by atoms with van der Waals surface area (Å²) in [5, 5.41) is 0. The number of allylic oxidation sites excluding steroid dienone is 7. The summed E-state index contributed by atoms with van der Waals surface area (Å²) < 4.78 is 0. The van der Waals surface area contributed by atoms with Crippen molar-refractivity contribution >= 4 is 0 Å². The van der Waals surface area contributed by atoms with Gasteiger partial charge in [-0.2, -0.15) is 0 Å². The van der Waals surface area contributed by atoms with Crippen LogP contribution in [-0.4, -0.2) is 0 Å². The van der Waals surface area contributed by atoms with Gasteiger partial charge in [-0.05, 0) is 23.8 Å². The molecule has 0 aromatic rings. The Hall–Kier alpha value is -1.04. The topological polar surface area (TPSA) is 0 Å². The van der Waals surface area contributed by atoms with Gasteiger partial charge in [0, 0.05) is 0 Å². The largest absolute Gasteiger partial charge is 0.103 e. The number of rotatable bonds is 4. The quantitative estimate of drug-likeness (QED) is 0.564. The molecule has 0 spiro atoms. The van der Waals surface area contributed by atoms with Gasteiger partial charge in [-0.15, -0.1) is 6.58 Å². The summed E-state index contributed by atoms with van der Waals surface area (Å²) in [5.74, 6) is 0. The SMILES string of the molecule is C=CCC(C)(C)CC=C1C=CC=C1. The lowest BCUT2D eigenvalue weighted by Gasteiger charge is -2.20. The molecule has 0 heteroatoms. The molecule has 0 N–H and O–H groups in total. The van der Waals surface area contributed by atoms with Crippen molar-refractivity contribution in [2.24, 2.45) is 5.41 Å². The summed E-state index contributed by atoms with van der Waals surface area (Å²) in [5.41, 5.74) is 1.68. The predicted octanol–water partition coefficient (Wildman–Crippen LogP) is 4.03. The van der Waals surface area contributed by atoms with Gasteiger partial charge in [0.2, 0.25) is 0 Å². The summed E-state index contributed by atoms with van der Waals surface area (Å²) in [6, 6.07) is 0. The second-order valence-corrected chi connectivity index (χ2v) is 4.28. The van der Waals surface area contributed by atoms with Crippen molar-refractivity contribution in [1.29, 1.82) is 0 Å². The highest BCUT2D eigenvalue weighted by Gasteiger charge is 2.13. The third-order valence-electron chi connectivity index (χ3n) is 2.28. The molecule has 0 saturated carbocycles. The Balaban J connectivity index is 2.49. The Bertz CT molecular complexity index is 248. The Labute approximate surface area is 81.4 Å². The van der Waals surface area contributed by atoms with Crippen molar-refractivity contribution < 1.29 is 0 Å². The highest BCUT2D eigenvalue weighted by molar-refractivity contribution is 5.39. The maximum atomic E-state index is 3.78. The van der Waals surface area contributed by atoms with Crippen LogP contribution in [-0.2, 0) is 0 Å². The maximum absolute atomic E-state index is 3.78. The van der Waals surface area contributed by atoms with E-state index >= 15 is 0 Å². The minimum atomic E-state index is 0.346. The molecule has 0 nitrogen and oxygen atoms in total. The molecule has 0 saturated heterocycles. The molecule has 0 bridgehead atoms. The van der Waals surface area contributed by atoms with Crippen LogP contribution in [0.1, 0.15) is 26.7 Å². The Morgan fingerprint density at radius 2 is 1.85 bits per heavy atom. The Morgan fingerprint density at radius 3 is 2.38 bits per heavy atom. The fraction of sp³-hybridized carbons (Fsp3) is 0.385. The average molecular weight is 174 g/mol. The maximum Gasteiger partial charge on any atom is -0.0285 e. The van der Waals surface area contributed by atoms with Crippen molar-refractivity contribution in [2.75, 3.05) is 0 Å². The lowest BCUT2D eigenvalue weighted by molar-refractivity contribution is 0.377. The van der Waals surface area contributed by atoms with E-state index in [9.17, 15) is 0 Å². The molecule has 13 heavy (non-hydrogen) atoms. The Morgan fingerprint density at radius 1 is 1.23 bits per heavy atom. The molecule has 0 atom stereocenters. The van der Waals surface area contributed by atoms with Crippen LogP contribution in [0.25, 0.3) is 0 Å². The van der Waals surface area contributed by atoms with Gasteiger partial charge >= 0.3 is 0 Å². The molecule has 0 fully saturated rings. The number of hydrogen-bond donors (Lipinski definition) is 0. The van der Waals surface area contributed by atoms with Crippen molar-refractivity contribution in [3.8, 4) is 0 Å². The van der Waals surface area contributed by atoms with E-state index in [0.717, 1.165) is 12.8 Å². The van der Waals surface area contributed by atoms with Crippen LogP contribution in [0.3, 0.4) is 0 Å². The van der Waals surface area contributed by atoms with E-state index in [1.807, 2.05) is 6.08 Å². The molecule has 0 radical (unpaired) electrons. The highest BCUT2D eigenvalue weighted by Crippen LogP contribution is 2.27. The minimum absolute atomic E-state index is 0.346. The van der Waals surface area contributed by atoms with Gasteiger partial charge in [0.05, 0.1) is 0 Å². The molecule has 0 aromatic carbocycles. The third-order valence-corrected chi connectivity index (χ3v) is 2.28. The van der Waals surface area contributed by atoms with Crippen LogP contribution in [0.2, 0.25) is 0 Å². The fourth-order valence-corrected chi connectivity index (χ4v) is 1.39. The van der Waals surface area contributed by atoms with E-state index < -0.39 is 0 Å². The van der Waals surface area contributed by atoms with Crippen LogP contribution in [0.5, 0.6) is 0 Å². The van der Waals surface area contributed by atoms with E-state index in [1.165, 1.54) is 5.57 Å². The van der Waals surface area contributed by atoms with Gasteiger partial charge in [-0.25, -0.2) is 0 Å². The molecular formula is C13H18. The standard InChI is InChI=1S/C13H18/c1-4-10-13(2,3)11-9-12-7-5-6-8-12/h4-9H,1,10-11H2,2-3H3. The summed E-state index contributed by atoms with van der Waals surface area (Å²) in [6.45, 7) is 8.32. The van der Waals surface area contributed by atoms with Gasteiger partial charge in [0.1, 0.15) is 0 Å².